The summed E-state index contributed by atoms with van der Waals surface area (Å²) in [6.45, 7) is 8.22. The highest BCUT2D eigenvalue weighted by atomic mass is 35.5. The van der Waals surface area contributed by atoms with Crippen LogP contribution in [0.3, 0.4) is 0 Å². The number of Topliss-reactive ketones (excluding diaryl/α,β-unsaturated/α-hetero) is 2. The van der Waals surface area contributed by atoms with Crippen molar-refractivity contribution in [1.29, 1.82) is 0 Å². The third-order valence-electron chi connectivity index (χ3n) is 8.17. The van der Waals surface area contributed by atoms with E-state index in [-0.39, 0.29) is 22.9 Å². The van der Waals surface area contributed by atoms with E-state index in [0.29, 0.717) is 27.7 Å². The maximum absolute atomic E-state index is 13.7. The summed E-state index contributed by atoms with van der Waals surface area (Å²) in [6, 6.07) is 10.9. The van der Waals surface area contributed by atoms with Crippen LogP contribution in [0.2, 0.25) is 5.02 Å². The average Bonchev–Trinajstić information content (AvgIpc) is 2.97. The van der Waals surface area contributed by atoms with E-state index < -0.39 is 11.3 Å². The van der Waals surface area contributed by atoms with Crippen molar-refractivity contribution in [1.82, 2.24) is 9.97 Å². The Balaban J connectivity index is 1.53. The van der Waals surface area contributed by atoms with Gasteiger partial charge in [0.1, 0.15) is 11.7 Å². The van der Waals surface area contributed by atoms with Crippen LogP contribution in [0.5, 0.6) is 11.6 Å². The average molecular weight is 463 g/mol. The zero-order valence-electron chi connectivity index (χ0n) is 19.3. The summed E-state index contributed by atoms with van der Waals surface area (Å²) >= 11 is 6.03. The minimum absolute atomic E-state index is 0.0421. The summed E-state index contributed by atoms with van der Waals surface area (Å²) < 4.78 is 6.02. The Morgan fingerprint density at radius 2 is 1.88 bits per heavy atom. The Bertz CT molecular complexity index is 1300. The Morgan fingerprint density at radius 1 is 1.09 bits per heavy atom. The number of nitrogens with zero attached hydrogens (tertiary/aromatic N) is 2. The first-order valence-electron chi connectivity index (χ1n) is 11.5. The van der Waals surface area contributed by atoms with Crippen LogP contribution >= 0.6 is 11.6 Å². The number of ether oxygens (including phenoxy) is 1. The van der Waals surface area contributed by atoms with E-state index in [2.05, 4.69) is 23.8 Å². The van der Waals surface area contributed by atoms with Gasteiger partial charge in [-0.2, -0.15) is 0 Å². The molecule has 2 aliphatic carbocycles. The van der Waals surface area contributed by atoms with Crippen LogP contribution in [-0.2, 0) is 16.0 Å². The Labute approximate surface area is 198 Å². The van der Waals surface area contributed by atoms with Crippen LogP contribution < -0.4 is 4.74 Å². The highest BCUT2D eigenvalue weighted by molar-refractivity contribution is 6.31. The van der Waals surface area contributed by atoms with Gasteiger partial charge in [-0.15, -0.1) is 0 Å². The van der Waals surface area contributed by atoms with Gasteiger partial charge < -0.3 is 4.74 Å². The maximum atomic E-state index is 13.7. The number of carbonyl (C=O) groups excluding carboxylic acids is 2. The number of aryl methyl sites for hydroxylation is 1. The fourth-order valence-corrected chi connectivity index (χ4v) is 5.91. The summed E-state index contributed by atoms with van der Waals surface area (Å²) in [5.74, 6) is 0.133. The van der Waals surface area contributed by atoms with Crippen LogP contribution in [0.1, 0.15) is 57.6 Å². The largest absolute Gasteiger partial charge is 0.437 e. The van der Waals surface area contributed by atoms with Crippen molar-refractivity contribution in [3.05, 3.63) is 58.7 Å². The fourth-order valence-electron chi connectivity index (χ4n) is 5.75. The number of carbonyl (C=O) groups is 2. The lowest BCUT2D eigenvalue weighted by Crippen LogP contribution is -2.52. The molecule has 1 heterocycles. The van der Waals surface area contributed by atoms with Crippen LogP contribution in [-0.4, -0.2) is 21.5 Å². The first-order valence-corrected chi connectivity index (χ1v) is 11.8. The Kier molecular flexibility index (Phi) is 5.09. The van der Waals surface area contributed by atoms with Crippen LogP contribution in [0.15, 0.2) is 42.6 Å². The SMILES string of the molecule is CCc1ccc(Oc2cnc3cc(Cl)ccc3n2)cc1C1C(=O)[C@@H]2CC[C@](C)(C1=O)C2(C)C. The first-order chi connectivity index (χ1) is 15.7. The lowest BCUT2D eigenvalue weighted by atomic mass is 9.54. The molecule has 2 aliphatic rings. The summed E-state index contributed by atoms with van der Waals surface area (Å²) in [5.41, 5.74) is 2.30. The van der Waals surface area contributed by atoms with Crippen molar-refractivity contribution in [2.75, 3.05) is 0 Å². The van der Waals surface area contributed by atoms with Gasteiger partial charge in [-0.05, 0) is 66.1 Å². The van der Waals surface area contributed by atoms with Gasteiger partial charge in [0, 0.05) is 16.4 Å². The molecule has 0 amide bonds. The van der Waals surface area contributed by atoms with Gasteiger partial charge in [-0.3, -0.25) is 9.59 Å². The summed E-state index contributed by atoms with van der Waals surface area (Å²) in [7, 11) is 0. The second-order valence-corrected chi connectivity index (χ2v) is 10.4. The third kappa shape index (κ3) is 3.28. The van der Waals surface area contributed by atoms with Crippen molar-refractivity contribution in [2.45, 2.75) is 52.9 Å². The molecule has 1 unspecified atom stereocenters. The molecular formula is C27H27ClN2O3. The van der Waals surface area contributed by atoms with Crippen molar-refractivity contribution in [3.63, 3.8) is 0 Å². The molecule has 5 rings (SSSR count). The predicted octanol–water partition coefficient (Wildman–Crippen LogP) is 6.32. The Morgan fingerprint density at radius 3 is 2.64 bits per heavy atom. The molecule has 0 N–H and O–H groups in total. The smallest absolute Gasteiger partial charge is 0.238 e. The lowest BCUT2D eigenvalue weighted by Gasteiger charge is -2.46. The highest BCUT2D eigenvalue weighted by Crippen LogP contribution is 2.62. The van der Waals surface area contributed by atoms with E-state index in [1.807, 2.05) is 32.0 Å². The van der Waals surface area contributed by atoms with E-state index in [1.54, 1.807) is 24.4 Å². The summed E-state index contributed by atoms with van der Waals surface area (Å²) in [5, 5.41) is 0.595. The third-order valence-corrected chi connectivity index (χ3v) is 8.41. The highest BCUT2D eigenvalue weighted by Gasteiger charge is 2.64. The van der Waals surface area contributed by atoms with Crippen LogP contribution in [0.4, 0.5) is 0 Å². The zero-order valence-corrected chi connectivity index (χ0v) is 20.1. The lowest BCUT2D eigenvalue weighted by molar-refractivity contribution is -0.149. The number of hydrogen-bond acceptors (Lipinski definition) is 5. The monoisotopic (exact) mass is 462 g/mol. The van der Waals surface area contributed by atoms with Crippen molar-refractivity contribution in [3.8, 4) is 11.6 Å². The Hall–Kier alpha value is -2.79. The molecule has 2 saturated carbocycles. The van der Waals surface area contributed by atoms with Crippen molar-refractivity contribution >= 4 is 34.2 Å². The normalized spacial score (nSPS) is 26.1. The molecule has 1 aromatic heterocycles. The molecule has 0 radical (unpaired) electrons. The number of halogens is 1. The molecule has 3 atom stereocenters. The molecule has 2 aromatic carbocycles. The number of aromatic nitrogens is 2. The van der Waals surface area contributed by atoms with Gasteiger partial charge in [-0.25, -0.2) is 9.97 Å². The van der Waals surface area contributed by atoms with Crippen molar-refractivity contribution in [2.24, 2.45) is 16.7 Å². The predicted molar refractivity (Wildman–Crippen MR) is 128 cm³/mol. The summed E-state index contributed by atoms with van der Waals surface area (Å²) in [4.78, 5) is 36.2. The molecule has 2 bridgehead atoms. The van der Waals surface area contributed by atoms with E-state index in [4.69, 9.17) is 16.3 Å². The van der Waals surface area contributed by atoms with E-state index >= 15 is 0 Å². The molecule has 170 valence electrons. The number of ketones is 2. The van der Waals surface area contributed by atoms with Gasteiger partial charge in [0.05, 0.1) is 17.2 Å². The van der Waals surface area contributed by atoms with Crippen molar-refractivity contribution < 1.29 is 14.3 Å². The van der Waals surface area contributed by atoms with Gasteiger partial charge >= 0.3 is 0 Å². The minimum atomic E-state index is -0.737. The number of hydrogen-bond donors (Lipinski definition) is 0. The maximum Gasteiger partial charge on any atom is 0.238 e. The van der Waals surface area contributed by atoms with E-state index in [0.717, 1.165) is 30.4 Å². The van der Waals surface area contributed by atoms with Gasteiger partial charge in [0.15, 0.2) is 11.6 Å². The summed E-state index contributed by atoms with van der Waals surface area (Å²) in [6.07, 6.45) is 3.82. The molecule has 3 aromatic rings. The quantitative estimate of drug-likeness (QED) is 0.424. The van der Waals surface area contributed by atoms with E-state index in [1.165, 1.54) is 0 Å². The fraction of sp³-hybridized carbons (Fsp3) is 0.407. The molecule has 0 saturated heterocycles. The molecule has 0 aliphatic heterocycles. The number of fused-ring (bicyclic) bond motifs is 3. The minimum Gasteiger partial charge on any atom is -0.437 e. The van der Waals surface area contributed by atoms with E-state index in [9.17, 15) is 9.59 Å². The number of rotatable bonds is 4. The molecule has 2 fully saturated rings. The molecular weight excluding hydrogens is 436 g/mol. The van der Waals surface area contributed by atoms with Gasteiger partial charge in [0.2, 0.25) is 5.88 Å². The standard InChI is InChI=1S/C27H27ClN2O3/c1-5-15-6-8-17(33-22-14-29-21-12-16(28)7-9-20(21)30-22)13-18(15)23-24(31)19-10-11-27(4,25(23)32)26(19,2)3/h6-9,12-14,19,23H,5,10-11H2,1-4H3/t19-,23?,27+/m0/s1. The van der Waals surface area contributed by atoms with Gasteiger partial charge in [0.25, 0.3) is 0 Å². The van der Waals surface area contributed by atoms with Crippen LogP contribution in [0.25, 0.3) is 11.0 Å². The molecule has 6 heteroatoms. The number of benzene rings is 2. The zero-order chi connectivity index (χ0) is 23.5. The van der Waals surface area contributed by atoms with Gasteiger partial charge in [-0.1, -0.05) is 45.4 Å². The molecule has 0 spiro atoms. The molecule has 5 nitrogen and oxygen atoms in total. The first kappa shape index (κ1) is 22.0. The second kappa shape index (κ2) is 7.63. The van der Waals surface area contributed by atoms with Crippen LogP contribution in [0, 0.1) is 16.7 Å². The second-order valence-electron chi connectivity index (χ2n) is 10.0. The molecule has 33 heavy (non-hydrogen) atoms. The topological polar surface area (TPSA) is 69.2 Å².